The highest BCUT2D eigenvalue weighted by Gasteiger charge is 2.53. The number of halogens is 3. The first-order chi connectivity index (χ1) is 16.2. The maximum absolute atomic E-state index is 14.9. The van der Waals surface area contributed by atoms with Gasteiger partial charge in [0.1, 0.15) is 17.4 Å². The second-order valence-corrected chi connectivity index (χ2v) is 8.71. The smallest absolute Gasteiger partial charge is 0.264 e. The zero-order chi connectivity index (χ0) is 24.0. The Kier molecular flexibility index (Phi) is 5.51. The van der Waals surface area contributed by atoms with E-state index in [1.807, 2.05) is 4.90 Å². The molecule has 2 unspecified atom stereocenters. The lowest BCUT2D eigenvalue weighted by Gasteiger charge is -2.36. The first-order valence-corrected chi connectivity index (χ1v) is 10.8. The van der Waals surface area contributed by atoms with Crippen LogP contribution in [-0.2, 0) is 0 Å². The predicted molar refractivity (Wildman–Crippen MR) is 118 cm³/mol. The molecule has 2 aliphatic heterocycles. The summed E-state index contributed by atoms with van der Waals surface area (Å²) < 4.78 is 48.0. The van der Waals surface area contributed by atoms with Gasteiger partial charge in [-0.1, -0.05) is 0 Å². The lowest BCUT2D eigenvalue weighted by molar-refractivity contribution is -0.0128. The molecule has 3 atom stereocenters. The van der Waals surface area contributed by atoms with E-state index in [9.17, 15) is 18.3 Å². The van der Waals surface area contributed by atoms with E-state index in [0.717, 1.165) is 0 Å². The van der Waals surface area contributed by atoms with Crippen LogP contribution < -0.4 is 15.0 Å². The van der Waals surface area contributed by atoms with Crippen molar-refractivity contribution in [2.24, 2.45) is 0 Å². The van der Waals surface area contributed by atoms with Gasteiger partial charge in [0.2, 0.25) is 5.88 Å². The van der Waals surface area contributed by atoms with Crippen molar-refractivity contribution in [3.63, 3.8) is 0 Å². The zero-order valence-corrected chi connectivity index (χ0v) is 18.5. The van der Waals surface area contributed by atoms with Crippen LogP contribution >= 0.6 is 0 Å². The number of fused-ring (bicyclic) bond motifs is 2. The summed E-state index contributed by atoms with van der Waals surface area (Å²) in [6.07, 6.45) is 5.06. The fourth-order valence-electron chi connectivity index (χ4n) is 4.75. The van der Waals surface area contributed by atoms with Crippen LogP contribution in [0.2, 0.25) is 0 Å². The van der Waals surface area contributed by atoms with Crippen LogP contribution in [0.4, 0.5) is 19.0 Å². The summed E-state index contributed by atoms with van der Waals surface area (Å²) >= 11 is 0. The number of nitrogens with one attached hydrogen (secondary N) is 1. The fraction of sp³-hybridized carbons (Fsp3) is 0.391. The molecule has 0 radical (unpaired) electrons. The summed E-state index contributed by atoms with van der Waals surface area (Å²) in [6.45, 7) is 0. The summed E-state index contributed by atoms with van der Waals surface area (Å²) in [4.78, 5) is 10.6. The molecule has 178 valence electrons. The van der Waals surface area contributed by atoms with Crippen LogP contribution in [-0.4, -0.2) is 63.5 Å². The maximum Gasteiger partial charge on any atom is 0.264 e. The third-order valence-corrected chi connectivity index (χ3v) is 6.59. The Morgan fingerprint density at radius 1 is 1.12 bits per heavy atom. The number of anilines is 1. The highest BCUT2D eigenvalue weighted by atomic mass is 19.3. The van der Waals surface area contributed by atoms with Crippen LogP contribution in [0.1, 0.15) is 19.3 Å². The number of ether oxygens (including phenoxy) is 1. The average Bonchev–Trinajstić information content (AvgIpc) is 3.05. The predicted octanol–water partition coefficient (Wildman–Crippen LogP) is 3.42. The van der Waals surface area contributed by atoms with E-state index in [0.29, 0.717) is 24.2 Å². The van der Waals surface area contributed by atoms with Gasteiger partial charge >= 0.3 is 0 Å². The summed E-state index contributed by atoms with van der Waals surface area (Å²) in [5.41, 5.74) is 0.991. The van der Waals surface area contributed by atoms with Crippen LogP contribution in [0.15, 0.2) is 36.8 Å². The monoisotopic (exact) mass is 472 g/mol. The van der Waals surface area contributed by atoms with Crippen molar-refractivity contribution >= 4 is 5.82 Å². The summed E-state index contributed by atoms with van der Waals surface area (Å²) in [5, 5.41) is 21.1. The second kappa shape index (κ2) is 8.39. The third-order valence-electron chi connectivity index (χ3n) is 6.59. The number of hydrogen-bond acceptors (Lipinski definition) is 8. The lowest BCUT2D eigenvalue weighted by Crippen LogP contribution is -2.49. The van der Waals surface area contributed by atoms with Crippen LogP contribution in [0.3, 0.4) is 0 Å². The van der Waals surface area contributed by atoms with Gasteiger partial charge < -0.3 is 20.1 Å². The van der Waals surface area contributed by atoms with Crippen LogP contribution in [0.5, 0.6) is 11.6 Å². The highest BCUT2D eigenvalue weighted by Crippen LogP contribution is 2.41. The Morgan fingerprint density at radius 2 is 1.94 bits per heavy atom. The van der Waals surface area contributed by atoms with Gasteiger partial charge in [-0.05, 0) is 25.0 Å². The van der Waals surface area contributed by atoms with Crippen LogP contribution in [0.25, 0.3) is 22.4 Å². The van der Waals surface area contributed by atoms with Gasteiger partial charge in [0.15, 0.2) is 0 Å². The number of benzene rings is 1. The van der Waals surface area contributed by atoms with Gasteiger partial charge in [-0.2, -0.15) is 5.10 Å². The number of methoxy groups -OCH3 is 1. The van der Waals surface area contributed by atoms with Crippen LogP contribution in [0, 0.1) is 5.82 Å². The Hall–Kier alpha value is -3.47. The molecule has 34 heavy (non-hydrogen) atoms. The Labute approximate surface area is 193 Å². The summed E-state index contributed by atoms with van der Waals surface area (Å²) in [7, 11) is 3.23. The van der Waals surface area contributed by atoms with Gasteiger partial charge in [-0.3, -0.25) is 4.98 Å². The zero-order valence-electron chi connectivity index (χ0n) is 18.5. The van der Waals surface area contributed by atoms with Crippen molar-refractivity contribution in [3.05, 3.63) is 42.6 Å². The molecule has 2 aliphatic rings. The van der Waals surface area contributed by atoms with Gasteiger partial charge in [0, 0.05) is 48.3 Å². The minimum atomic E-state index is -2.69. The van der Waals surface area contributed by atoms with Gasteiger partial charge in [0.05, 0.1) is 37.4 Å². The molecule has 5 rings (SSSR count). The summed E-state index contributed by atoms with van der Waals surface area (Å²) in [6, 6.07) is 2.83. The molecule has 2 aromatic heterocycles. The molecule has 2 fully saturated rings. The standard InChI is InChI=1S/C23H23F3N6O2/c1-32(14-4-13-8-23(25,26)20(5-14)30-13)21-11-27-18(10-28-21)16-6-17(24)15(7-19(16)33)12-3-22(34-2)31-29-9-12/h3,6-7,9-11,13-14,20,30,33H,4-5,8H2,1-2H3/t13?,14-,20?/m0/s1. The number of rotatable bonds is 5. The van der Waals surface area contributed by atoms with Crippen molar-refractivity contribution in [1.29, 1.82) is 0 Å². The van der Waals surface area contributed by atoms with Crippen molar-refractivity contribution in [2.45, 2.75) is 43.3 Å². The van der Waals surface area contributed by atoms with Crippen molar-refractivity contribution < 1.29 is 23.0 Å². The van der Waals surface area contributed by atoms with Gasteiger partial charge in [0.25, 0.3) is 5.92 Å². The third kappa shape index (κ3) is 4.00. The molecule has 3 aromatic rings. The fourth-order valence-corrected chi connectivity index (χ4v) is 4.75. The van der Waals surface area contributed by atoms with E-state index in [2.05, 4.69) is 25.5 Å². The minimum Gasteiger partial charge on any atom is -0.507 e. The number of aromatic nitrogens is 4. The number of phenolic OH excluding ortho intramolecular Hbond substituents is 1. The Balaban J connectivity index is 1.37. The minimum absolute atomic E-state index is 0.0964. The molecule has 2 bridgehead atoms. The van der Waals surface area contributed by atoms with E-state index in [1.165, 1.54) is 43.9 Å². The Bertz CT molecular complexity index is 1210. The molecule has 11 heteroatoms. The van der Waals surface area contributed by atoms with Crippen molar-refractivity contribution in [2.75, 3.05) is 19.1 Å². The number of hydrogen-bond donors (Lipinski definition) is 2. The molecule has 0 aliphatic carbocycles. The second-order valence-electron chi connectivity index (χ2n) is 8.71. The molecule has 0 saturated carbocycles. The first kappa shape index (κ1) is 22.3. The number of aromatic hydroxyl groups is 1. The van der Waals surface area contributed by atoms with Crippen molar-refractivity contribution in [3.8, 4) is 34.0 Å². The molecule has 0 spiro atoms. The number of alkyl halides is 2. The first-order valence-electron chi connectivity index (χ1n) is 10.8. The van der Waals surface area contributed by atoms with Gasteiger partial charge in [-0.25, -0.2) is 18.2 Å². The highest BCUT2D eigenvalue weighted by molar-refractivity contribution is 5.74. The van der Waals surface area contributed by atoms with Crippen molar-refractivity contribution in [1.82, 2.24) is 25.5 Å². The Morgan fingerprint density at radius 3 is 2.65 bits per heavy atom. The number of piperidine rings is 1. The topological polar surface area (TPSA) is 96.3 Å². The van der Waals surface area contributed by atoms with E-state index in [1.54, 1.807) is 7.05 Å². The largest absolute Gasteiger partial charge is 0.507 e. The SMILES string of the molecule is COc1cc(-c2cc(O)c(-c3cnc(N(C)[C@H]4CC5CC(F)(F)C(C4)N5)cn3)cc2F)cnn1. The summed E-state index contributed by atoms with van der Waals surface area (Å²) in [5.74, 6) is -2.72. The average molecular weight is 472 g/mol. The molecular weight excluding hydrogens is 449 g/mol. The van der Waals surface area contributed by atoms with E-state index >= 15 is 0 Å². The van der Waals surface area contributed by atoms with Gasteiger partial charge in [-0.15, -0.1) is 5.10 Å². The van der Waals surface area contributed by atoms with E-state index in [4.69, 9.17) is 4.74 Å². The number of phenols is 1. The molecule has 2 N–H and O–H groups in total. The quantitative estimate of drug-likeness (QED) is 0.583. The molecule has 8 nitrogen and oxygen atoms in total. The lowest BCUT2D eigenvalue weighted by atomic mass is 9.98. The molecule has 0 amide bonds. The maximum atomic E-state index is 14.9. The normalized spacial score (nSPS) is 23.0. The number of nitrogens with zero attached hydrogens (tertiary/aromatic N) is 5. The van der Waals surface area contributed by atoms with E-state index in [-0.39, 0.29) is 47.0 Å². The molecule has 2 saturated heterocycles. The molecular formula is C23H23F3N6O2. The molecule has 1 aromatic carbocycles. The van der Waals surface area contributed by atoms with E-state index < -0.39 is 17.8 Å². The molecule has 4 heterocycles.